The fourth-order valence-corrected chi connectivity index (χ4v) is 2.75. The Hall–Kier alpha value is -4.33. The first kappa shape index (κ1) is 20.0. The number of hydrogen-bond acceptors (Lipinski definition) is 6. The summed E-state index contributed by atoms with van der Waals surface area (Å²) in [6.45, 7) is 0.180. The highest BCUT2D eigenvalue weighted by atomic mass is 16.5. The molecule has 8 heteroatoms. The highest BCUT2D eigenvalue weighted by Gasteiger charge is 2.14. The van der Waals surface area contributed by atoms with Gasteiger partial charge >= 0.3 is 5.91 Å². The predicted molar refractivity (Wildman–Crippen MR) is 111 cm³/mol. The van der Waals surface area contributed by atoms with Crippen LogP contribution in [0.1, 0.15) is 22.0 Å². The molecule has 0 aliphatic carbocycles. The largest absolute Gasteiger partial charge is 0.486 e. The number of amides is 2. The molecule has 2 amide bonds. The van der Waals surface area contributed by atoms with Gasteiger partial charge in [0.1, 0.15) is 24.4 Å². The molecule has 4 rings (SSSR count). The van der Waals surface area contributed by atoms with Crippen molar-refractivity contribution >= 4 is 11.8 Å². The smallest absolute Gasteiger partial charge is 0.305 e. The molecule has 0 spiro atoms. The number of oxazole rings is 1. The van der Waals surface area contributed by atoms with Crippen molar-refractivity contribution in [3.05, 3.63) is 96.3 Å². The standard InChI is InChI=1S/C23H19N3O5/c27-21(13-17-14-30-23(24-17)16-7-3-1-4-8-16)25-26-22(28)20-12-11-19(31-20)15-29-18-9-5-2-6-10-18/h1-12,14H,13,15H2,(H,25,27)(H,26,28). The second-order valence-electron chi connectivity index (χ2n) is 6.56. The van der Waals surface area contributed by atoms with Crippen LogP contribution in [-0.4, -0.2) is 16.8 Å². The number of para-hydroxylation sites is 1. The van der Waals surface area contributed by atoms with Crippen LogP contribution in [0.5, 0.6) is 5.75 Å². The summed E-state index contributed by atoms with van der Waals surface area (Å²) in [7, 11) is 0. The Morgan fingerprint density at radius 1 is 0.903 bits per heavy atom. The zero-order chi connectivity index (χ0) is 21.5. The van der Waals surface area contributed by atoms with E-state index in [-0.39, 0.29) is 18.8 Å². The number of hydrogen-bond donors (Lipinski definition) is 2. The van der Waals surface area contributed by atoms with Gasteiger partial charge in [-0.2, -0.15) is 0 Å². The number of ether oxygens (including phenoxy) is 1. The van der Waals surface area contributed by atoms with Crippen molar-refractivity contribution in [2.24, 2.45) is 0 Å². The van der Waals surface area contributed by atoms with Gasteiger partial charge in [-0.05, 0) is 36.4 Å². The average molecular weight is 417 g/mol. The van der Waals surface area contributed by atoms with Crippen molar-refractivity contribution in [2.45, 2.75) is 13.0 Å². The summed E-state index contributed by atoms with van der Waals surface area (Å²) in [5.41, 5.74) is 5.91. The number of benzene rings is 2. The number of furan rings is 1. The van der Waals surface area contributed by atoms with Crippen LogP contribution >= 0.6 is 0 Å². The second kappa shape index (κ2) is 9.45. The van der Waals surface area contributed by atoms with Crippen molar-refractivity contribution in [3.63, 3.8) is 0 Å². The van der Waals surface area contributed by atoms with Crippen LogP contribution in [0.25, 0.3) is 11.5 Å². The van der Waals surface area contributed by atoms with Crippen LogP contribution in [0.3, 0.4) is 0 Å². The molecule has 2 aromatic carbocycles. The summed E-state index contributed by atoms with van der Waals surface area (Å²) in [6, 6.07) is 21.8. The first-order chi connectivity index (χ1) is 15.2. The molecule has 2 aromatic heterocycles. The fourth-order valence-electron chi connectivity index (χ4n) is 2.75. The quantitative estimate of drug-likeness (QED) is 0.446. The molecule has 0 saturated heterocycles. The highest BCUT2D eigenvalue weighted by molar-refractivity contribution is 5.93. The minimum absolute atomic E-state index is 0.0507. The van der Waals surface area contributed by atoms with Gasteiger partial charge in [0.15, 0.2) is 5.76 Å². The van der Waals surface area contributed by atoms with Gasteiger partial charge in [0.25, 0.3) is 0 Å². The lowest BCUT2D eigenvalue weighted by Crippen LogP contribution is -2.42. The Balaban J connectivity index is 1.25. The lowest BCUT2D eigenvalue weighted by molar-refractivity contribution is -0.121. The summed E-state index contributed by atoms with van der Waals surface area (Å²) in [6.07, 6.45) is 1.36. The number of aromatic nitrogens is 1. The number of carbonyl (C=O) groups is 2. The van der Waals surface area contributed by atoms with Crippen molar-refractivity contribution in [2.75, 3.05) is 0 Å². The molecule has 0 bridgehead atoms. The van der Waals surface area contributed by atoms with Gasteiger partial charge < -0.3 is 13.6 Å². The van der Waals surface area contributed by atoms with Gasteiger partial charge in [0, 0.05) is 5.56 Å². The molecule has 0 saturated carbocycles. The van der Waals surface area contributed by atoms with Crippen molar-refractivity contribution in [1.29, 1.82) is 0 Å². The average Bonchev–Trinajstić information content (AvgIpc) is 3.47. The van der Waals surface area contributed by atoms with E-state index in [9.17, 15) is 9.59 Å². The molecule has 0 fully saturated rings. The van der Waals surface area contributed by atoms with Crippen LogP contribution in [-0.2, 0) is 17.8 Å². The number of hydrazine groups is 1. The Labute approximate surface area is 177 Å². The van der Waals surface area contributed by atoms with Crippen LogP contribution in [0.2, 0.25) is 0 Å². The summed E-state index contributed by atoms with van der Waals surface area (Å²) < 4.78 is 16.4. The minimum Gasteiger partial charge on any atom is -0.486 e. The van der Waals surface area contributed by atoms with E-state index >= 15 is 0 Å². The zero-order valence-corrected chi connectivity index (χ0v) is 16.4. The van der Waals surface area contributed by atoms with E-state index in [1.807, 2.05) is 60.7 Å². The van der Waals surface area contributed by atoms with Crippen LogP contribution in [0.4, 0.5) is 0 Å². The van der Waals surface area contributed by atoms with Crippen LogP contribution < -0.4 is 15.6 Å². The monoisotopic (exact) mass is 417 g/mol. The zero-order valence-electron chi connectivity index (χ0n) is 16.4. The molecule has 31 heavy (non-hydrogen) atoms. The minimum atomic E-state index is -0.579. The molecule has 8 nitrogen and oxygen atoms in total. The third-order valence-electron chi connectivity index (χ3n) is 4.24. The Morgan fingerprint density at radius 2 is 1.65 bits per heavy atom. The molecular weight excluding hydrogens is 398 g/mol. The fraction of sp³-hybridized carbons (Fsp3) is 0.0870. The maximum atomic E-state index is 12.2. The van der Waals surface area contributed by atoms with Gasteiger partial charge in [-0.15, -0.1) is 0 Å². The third kappa shape index (κ3) is 5.39. The maximum absolute atomic E-state index is 12.2. The second-order valence-corrected chi connectivity index (χ2v) is 6.56. The number of nitrogens with one attached hydrogen (secondary N) is 2. The first-order valence-corrected chi connectivity index (χ1v) is 9.53. The van der Waals surface area contributed by atoms with Gasteiger partial charge in [0.2, 0.25) is 11.8 Å². The molecule has 156 valence electrons. The van der Waals surface area contributed by atoms with Gasteiger partial charge in [-0.3, -0.25) is 20.4 Å². The molecule has 0 atom stereocenters. The molecule has 4 aromatic rings. The summed E-state index contributed by atoms with van der Waals surface area (Å²) in [4.78, 5) is 28.6. The lowest BCUT2D eigenvalue weighted by Gasteiger charge is -2.05. The molecule has 0 radical (unpaired) electrons. The summed E-state index contributed by atoms with van der Waals surface area (Å²) >= 11 is 0. The predicted octanol–water partition coefficient (Wildman–Crippen LogP) is 3.52. The molecule has 0 aliphatic heterocycles. The topological polar surface area (TPSA) is 107 Å². The van der Waals surface area contributed by atoms with Crippen LogP contribution in [0.15, 0.2) is 87.9 Å². The van der Waals surface area contributed by atoms with E-state index in [1.54, 1.807) is 6.07 Å². The van der Waals surface area contributed by atoms with Crippen LogP contribution in [0, 0.1) is 0 Å². The lowest BCUT2D eigenvalue weighted by atomic mass is 10.2. The van der Waals surface area contributed by atoms with Gasteiger partial charge in [-0.1, -0.05) is 36.4 Å². The maximum Gasteiger partial charge on any atom is 0.305 e. The van der Waals surface area contributed by atoms with Crippen molar-refractivity contribution in [1.82, 2.24) is 15.8 Å². The van der Waals surface area contributed by atoms with E-state index in [4.69, 9.17) is 13.6 Å². The number of carbonyl (C=O) groups excluding carboxylic acids is 2. The SMILES string of the molecule is O=C(Cc1coc(-c2ccccc2)n1)NNC(=O)c1ccc(COc2ccccc2)o1. The first-order valence-electron chi connectivity index (χ1n) is 9.53. The van der Waals surface area contributed by atoms with E-state index in [1.165, 1.54) is 12.3 Å². The molecule has 0 aliphatic rings. The van der Waals surface area contributed by atoms with E-state index < -0.39 is 11.8 Å². The Morgan fingerprint density at radius 3 is 2.42 bits per heavy atom. The Bertz CT molecular complexity index is 1150. The van der Waals surface area contributed by atoms with Crippen molar-refractivity contribution < 1.29 is 23.2 Å². The summed E-state index contributed by atoms with van der Waals surface area (Å²) in [5, 5.41) is 0. The number of nitrogens with zero attached hydrogens (tertiary/aromatic N) is 1. The number of rotatable bonds is 7. The van der Waals surface area contributed by atoms with Gasteiger partial charge in [0.05, 0.1) is 12.1 Å². The van der Waals surface area contributed by atoms with Gasteiger partial charge in [-0.25, -0.2) is 4.98 Å². The van der Waals surface area contributed by atoms with E-state index in [2.05, 4.69) is 15.8 Å². The van der Waals surface area contributed by atoms with E-state index in [0.717, 1.165) is 5.56 Å². The third-order valence-corrected chi connectivity index (χ3v) is 4.24. The van der Waals surface area contributed by atoms with E-state index in [0.29, 0.717) is 23.1 Å². The van der Waals surface area contributed by atoms with Crippen molar-refractivity contribution in [3.8, 4) is 17.2 Å². The summed E-state index contributed by atoms with van der Waals surface area (Å²) in [5.74, 6) is 0.634. The molecule has 2 heterocycles. The molecular formula is C23H19N3O5. The highest BCUT2D eigenvalue weighted by Crippen LogP contribution is 2.18. The Kier molecular flexibility index (Phi) is 6.08. The normalized spacial score (nSPS) is 10.5. The molecule has 2 N–H and O–H groups in total. The molecule has 0 unspecified atom stereocenters.